The molecule has 2 N–H and O–H groups in total. The number of carbonyl (C=O) groups is 2. The lowest BCUT2D eigenvalue weighted by Gasteiger charge is -2.16. The number of carbonyl (C=O) groups excluding carboxylic acids is 2. The highest BCUT2D eigenvalue weighted by Crippen LogP contribution is 2.24. The summed E-state index contributed by atoms with van der Waals surface area (Å²) in [5.41, 5.74) is 1.51. The normalized spacial score (nSPS) is 14.4. The Kier molecular flexibility index (Phi) is 4.38. The first-order valence-corrected chi connectivity index (χ1v) is 7.90. The Morgan fingerprint density at radius 1 is 1.45 bits per heavy atom. The van der Waals surface area contributed by atoms with Gasteiger partial charge in [-0.2, -0.15) is 10.3 Å². The minimum absolute atomic E-state index is 0.127. The lowest BCUT2D eigenvalue weighted by molar-refractivity contribution is -0.117. The highest BCUT2D eigenvalue weighted by atomic mass is 32.2. The highest BCUT2D eigenvalue weighted by molar-refractivity contribution is 7.99. The van der Waals surface area contributed by atoms with E-state index in [-0.39, 0.29) is 17.6 Å². The van der Waals surface area contributed by atoms with Crippen LogP contribution < -0.4 is 10.2 Å². The number of aromatic amines is 1. The Labute approximate surface area is 131 Å². The largest absolute Gasteiger partial charge is 0.325 e. The maximum atomic E-state index is 11.9. The fourth-order valence-corrected chi connectivity index (χ4v) is 2.85. The molecular weight excluding hydrogens is 302 g/mol. The lowest BCUT2D eigenvalue weighted by Crippen LogP contribution is -2.23. The third-order valence-electron chi connectivity index (χ3n) is 3.26. The summed E-state index contributed by atoms with van der Waals surface area (Å²) in [6, 6.07) is 7.34. The fourth-order valence-electron chi connectivity index (χ4n) is 2.27. The smallest absolute Gasteiger partial charge is 0.234 e. The molecule has 2 heterocycles. The first-order chi connectivity index (χ1) is 10.7. The second-order valence-corrected chi connectivity index (χ2v) is 5.84. The number of anilines is 2. The van der Waals surface area contributed by atoms with Crippen molar-refractivity contribution >= 4 is 35.0 Å². The number of benzene rings is 1. The van der Waals surface area contributed by atoms with Crippen LogP contribution in [0.2, 0.25) is 0 Å². The van der Waals surface area contributed by atoms with E-state index in [0.29, 0.717) is 17.1 Å². The first kappa shape index (κ1) is 14.6. The van der Waals surface area contributed by atoms with Gasteiger partial charge in [-0.25, -0.2) is 0 Å². The monoisotopic (exact) mass is 317 g/mol. The predicted octanol–water partition coefficient (Wildman–Crippen LogP) is 1.66. The van der Waals surface area contributed by atoms with Crippen LogP contribution in [0.15, 0.2) is 35.5 Å². The van der Waals surface area contributed by atoms with Crippen LogP contribution >= 0.6 is 11.8 Å². The number of hydrogen-bond donors (Lipinski definition) is 2. The second kappa shape index (κ2) is 6.61. The fraction of sp³-hybridized carbons (Fsp3) is 0.286. The molecule has 1 aromatic carbocycles. The summed E-state index contributed by atoms with van der Waals surface area (Å²) in [6.07, 6.45) is 3.03. The van der Waals surface area contributed by atoms with E-state index in [9.17, 15) is 9.59 Å². The van der Waals surface area contributed by atoms with Crippen LogP contribution in [-0.4, -0.2) is 39.5 Å². The summed E-state index contributed by atoms with van der Waals surface area (Å²) in [5, 5.41) is 13.5. The highest BCUT2D eigenvalue weighted by Gasteiger charge is 2.21. The van der Waals surface area contributed by atoms with Gasteiger partial charge in [0.1, 0.15) is 5.03 Å². The number of H-pyrrole nitrogens is 1. The maximum absolute atomic E-state index is 11.9. The van der Waals surface area contributed by atoms with Crippen molar-refractivity contribution in [1.29, 1.82) is 0 Å². The molecule has 1 aliphatic rings. The predicted molar refractivity (Wildman–Crippen MR) is 83.8 cm³/mol. The molecule has 1 saturated heterocycles. The van der Waals surface area contributed by atoms with E-state index in [1.807, 2.05) is 24.3 Å². The molecular formula is C14H15N5O2S. The van der Waals surface area contributed by atoms with Gasteiger partial charge in [0, 0.05) is 24.3 Å². The molecule has 0 spiro atoms. The number of nitrogens with one attached hydrogen (secondary N) is 2. The Morgan fingerprint density at radius 2 is 2.36 bits per heavy atom. The standard InChI is InChI=1S/C14H15N5O2S/c20-12(9-22-13-8-15-18-17-13)16-10-3-1-4-11(7-10)19-6-2-5-14(19)21/h1,3-4,7-8H,2,5-6,9H2,(H,16,20)(H,15,17,18). The molecule has 2 aromatic rings. The number of rotatable bonds is 5. The Hall–Kier alpha value is -2.35. The van der Waals surface area contributed by atoms with Gasteiger partial charge in [0.2, 0.25) is 11.8 Å². The number of nitrogens with zero attached hydrogens (tertiary/aromatic N) is 3. The molecule has 1 fully saturated rings. The SMILES string of the molecule is O=C(CSc1cn[nH]n1)Nc1cccc(N2CCCC2=O)c1. The maximum Gasteiger partial charge on any atom is 0.234 e. The van der Waals surface area contributed by atoms with Crippen LogP contribution in [-0.2, 0) is 9.59 Å². The Morgan fingerprint density at radius 3 is 3.09 bits per heavy atom. The molecule has 114 valence electrons. The van der Waals surface area contributed by atoms with Gasteiger partial charge in [0.25, 0.3) is 0 Å². The molecule has 1 aliphatic heterocycles. The van der Waals surface area contributed by atoms with Crippen molar-refractivity contribution in [3.63, 3.8) is 0 Å². The van der Waals surface area contributed by atoms with Crippen molar-refractivity contribution in [3.8, 4) is 0 Å². The summed E-state index contributed by atoms with van der Waals surface area (Å²) in [4.78, 5) is 25.4. The molecule has 22 heavy (non-hydrogen) atoms. The van der Waals surface area contributed by atoms with E-state index in [2.05, 4.69) is 20.7 Å². The van der Waals surface area contributed by atoms with Gasteiger partial charge in [-0.15, -0.1) is 5.10 Å². The lowest BCUT2D eigenvalue weighted by atomic mass is 10.2. The molecule has 2 amide bonds. The quantitative estimate of drug-likeness (QED) is 0.819. The zero-order valence-electron chi connectivity index (χ0n) is 11.8. The minimum atomic E-state index is -0.127. The summed E-state index contributed by atoms with van der Waals surface area (Å²) in [5.74, 6) is 0.252. The van der Waals surface area contributed by atoms with Gasteiger partial charge in [-0.1, -0.05) is 17.8 Å². The number of thioether (sulfide) groups is 1. The second-order valence-electron chi connectivity index (χ2n) is 4.84. The summed E-state index contributed by atoms with van der Waals surface area (Å²) in [7, 11) is 0. The molecule has 8 heteroatoms. The Bertz CT molecular complexity index is 674. The molecule has 0 bridgehead atoms. The van der Waals surface area contributed by atoms with Crippen LogP contribution in [0.1, 0.15) is 12.8 Å². The molecule has 1 aromatic heterocycles. The van der Waals surface area contributed by atoms with E-state index in [4.69, 9.17) is 0 Å². The summed E-state index contributed by atoms with van der Waals surface area (Å²) < 4.78 is 0. The van der Waals surface area contributed by atoms with Crippen LogP contribution in [0, 0.1) is 0 Å². The van der Waals surface area contributed by atoms with Gasteiger partial charge >= 0.3 is 0 Å². The molecule has 0 unspecified atom stereocenters. The molecule has 3 rings (SSSR count). The zero-order chi connectivity index (χ0) is 15.4. The minimum Gasteiger partial charge on any atom is -0.325 e. The van der Waals surface area contributed by atoms with Crippen molar-refractivity contribution in [2.45, 2.75) is 17.9 Å². The average Bonchev–Trinajstić information content (AvgIpc) is 3.16. The van der Waals surface area contributed by atoms with Crippen LogP contribution in [0.25, 0.3) is 0 Å². The average molecular weight is 317 g/mol. The van der Waals surface area contributed by atoms with E-state index in [1.54, 1.807) is 11.1 Å². The van der Waals surface area contributed by atoms with Crippen molar-refractivity contribution in [3.05, 3.63) is 30.5 Å². The van der Waals surface area contributed by atoms with Crippen molar-refractivity contribution < 1.29 is 9.59 Å². The molecule has 7 nitrogen and oxygen atoms in total. The van der Waals surface area contributed by atoms with Crippen LogP contribution in [0.4, 0.5) is 11.4 Å². The van der Waals surface area contributed by atoms with E-state index >= 15 is 0 Å². The van der Waals surface area contributed by atoms with Gasteiger partial charge in [-0.3, -0.25) is 9.59 Å². The third-order valence-corrected chi connectivity index (χ3v) is 4.16. The first-order valence-electron chi connectivity index (χ1n) is 6.91. The molecule has 0 radical (unpaired) electrons. The van der Waals surface area contributed by atoms with Crippen molar-refractivity contribution in [2.75, 3.05) is 22.5 Å². The van der Waals surface area contributed by atoms with Gasteiger partial charge in [-0.05, 0) is 24.6 Å². The van der Waals surface area contributed by atoms with Crippen molar-refractivity contribution in [2.24, 2.45) is 0 Å². The number of aromatic nitrogens is 3. The van der Waals surface area contributed by atoms with Gasteiger partial charge in [0.05, 0.1) is 11.9 Å². The molecule has 0 atom stereocenters. The topological polar surface area (TPSA) is 91.0 Å². The number of amides is 2. The summed E-state index contributed by atoms with van der Waals surface area (Å²) in [6.45, 7) is 0.734. The zero-order valence-corrected chi connectivity index (χ0v) is 12.6. The van der Waals surface area contributed by atoms with E-state index in [1.165, 1.54) is 11.8 Å². The van der Waals surface area contributed by atoms with E-state index < -0.39 is 0 Å². The van der Waals surface area contributed by atoms with Crippen molar-refractivity contribution in [1.82, 2.24) is 15.4 Å². The van der Waals surface area contributed by atoms with Crippen LogP contribution in [0.5, 0.6) is 0 Å². The summed E-state index contributed by atoms with van der Waals surface area (Å²) >= 11 is 1.30. The number of hydrogen-bond acceptors (Lipinski definition) is 5. The van der Waals surface area contributed by atoms with E-state index in [0.717, 1.165) is 18.7 Å². The Balaban J connectivity index is 1.60. The van der Waals surface area contributed by atoms with Crippen LogP contribution in [0.3, 0.4) is 0 Å². The molecule has 0 saturated carbocycles. The third kappa shape index (κ3) is 3.45. The molecule has 0 aliphatic carbocycles. The van der Waals surface area contributed by atoms with Gasteiger partial charge < -0.3 is 10.2 Å². The van der Waals surface area contributed by atoms with Gasteiger partial charge in [0.15, 0.2) is 0 Å².